The minimum Gasteiger partial charge on any atom is -0.871 e. The van der Waals surface area contributed by atoms with Crippen molar-refractivity contribution in [2.75, 3.05) is 0 Å². The molecule has 0 aliphatic carbocycles. The normalized spacial score (nSPS) is 11.2. The van der Waals surface area contributed by atoms with Crippen LogP contribution in [0.2, 0.25) is 0 Å². The van der Waals surface area contributed by atoms with E-state index >= 15 is 0 Å². The Labute approximate surface area is 229 Å². The van der Waals surface area contributed by atoms with Gasteiger partial charge in [-0.05, 0) is 31.0 Å². The quantitative estimate of drug-likeness (QED) is 0.259. The van der Waals surface area contributed by atoms with Gasteiger partial charge in [0, 0.05) is 0 Å². The third-order valence-corrected chi connectivity index (χ3v) is 6.09. The molecule has 0 spiro atoms. The van der Waals surface area contributed by atoms with Crippen molar-refractivity contribution < 1.29 is 74.2 Å². The van der Waals surface area contributed by atoms with Crippen molar-refractivity contribution in [1.29, 1.82) is 0 Å². The van der Waals surface area contributed by atoms with E-state index in [1.54, 1.807) is 36.4 Å². The number of benzene rings is 2. The van der Waals surface area contributed by atoms with Crippen LogP contribution in [-0.2, 0) is 16.5 Å². The third kappa shape index (κ3) is 10.4. The Bertz CT molecular complexity index is 869. The van der Waals surface area contributed by atoms with E-state index in [9.17, 15) is 18.1 Å². The molecule has 2 aromatic carbocycles. The molecule has 2 aromatic rings. The van der Waals surface area contributed by atoms with Crippen LogP contribution in [0.4, 0.5) is 0 Å². The van der Waals surface area contributed by atoms with Crippen LogP contribution in [0.5, 0.6) is 17.2 Å². The Morgan fingerprint density at radius 3 is 1.94 bits per heavy atom. The van der Waals surface area contributed by atoms with Crippen molar-refractivity contribution in [1.82, 2.24) is 0 Å². The molecule has 0 saturated carbocycles. The first kappa shape index (κ1) is 28.6. The van der Waals surface area contributed by atoms with E-state index in [-0.39, 0.29) is 57.1 Å². The molecule has 0 unspecified atom stereocenters. The number of aryl methyl sites for hydroxylation is 1. The maximum absolute atomic E-state index is 12.7. The van der Waals surface area contributed by atoms with E-state index < -0.39 is 20.8 Å². The van der Waals surface area contributed by atoms with Gasteiger partial charge >= 0.3 is 51.4 Å². The van der Waals surface area contributed by atoms with Gasteiger partial charge in [0.15, 0.2) is 0 Å². The Morgan fingerprint density at radius 2 is 1.39 bits per heavy atom. The Hall–Kier alpha value is -0.414. The second-order valence-electron chi connectivity index (χ2n) is 7.70. The Balaban J connectivity index is 0.00000480. The number of para-hydroxylation sites is 1. The van der Waals surface area contributed by atoms with Crippen molar-refractivity contribution in [3.63, 3.8) is 0 Å². The smallest absolute Gasteiger partial charge is 0.871 e. The predicted octanol–water partition coefficient (Wildman–Crippen LogP) is 3.27. The summed E-state index contributed by atoms with van der Waals surface area (Å²) >= 11 is 0. The summed E-state index contributed by atoms with van der Waals surface area (Å²) in [5.74, 6) is -0.438. The molecule has 5 nitrogen and oxygen atoms in total. The van der Waals surface area contributed by atoms with E-state index in [2.05, 4.69) is 6.92 Å². The van der Waals surface area contributed by atoms with Crippen LogP contribution in [0.15, 0.2) is 47.4 Å². The second kappa shape index (κ2) is 15.4. The number of hydrogen-bond donors (Lipinski definition) is 1. The first-order valence-corrected chi connectivity index (χ1v) is 12.4. The maximum Gasteiger partial charge on any atom is 1.00 e. The minimum absolute atomic E-state index is 0. The van der Waals surface area contributed by atoms with Crippen molar-refractivity contribution in [3.8, 4) is 17.2 Å². The fourth-order valence-electron chi connectivity index (χ4n) is 3.53. The summed E-state index contributed by atoms with van der Waals surface area (Å²) in [4.78, 5) is -0.684. The molecule has 166 valence electrons. The number of unbranched alkanes of at least 4 members (excludes halogenated alkanes) is 9. The molecule has 2 rings (SSSR count). The topological polar surface area (TPSA) is 86.7 Å². The average Bonchev–Trinajstić information content (AvgIpc) is 2.70. The van der Waals surface area contributed by atoms with Gasteiger partial charge in [-0.25, -0.2) is 0 Å². The summed E-state index contributed by atoms with van der Waals surface area (Å²) in [5.41, 5.74) is 0.391. The van der Waals surface area contributed by atoms with Gasteiger partial charge in [0.25, 0.3) is 10.1 Å². The first-order valence-electron chi connectivity index (χ1n) is 11.0. The van der Waals surface area contributed by atoms with Crippen LogP contribution in [0, 0.1) is 0 Å². The Morgan fingerprint density at radius 1 is 0.839 bits per heavy atom. The predicted molar refractivity (Wildman–Crippen MR) is 118 cm³/mol. The van der Waals surface area contributed by atoms with E-state index in [0.29, 0.717) is 17.7 Å². The van der Waals surface area contributed by atoms with Gasteiger partial charge in [-0.15, -0.1) is 0 Å². The zero-order valence-electron chi connectivity index (χ0n) is 18.8. The maximum atomic E-state index is 12.7. The van der Waals surface area contributed by atoms with Gasteiger partial charge in [0.05, 0.1) is 0 Å². The summed E-state index contributed by atoms with van der Waals surface area (Å²) in [6, 6.07) is 11.6. The van der Waals surface area contributed by atoms with Gasteiger partial charge in [-0.3, -0.25) is 4.55 Å². The van der Waals surface area contributed by atoms with E-state index in [0.717, 1.165) is 19.3 Å². The average molecular weight is 473 g/mol. The van der Waals surface area contributed by atoms with Gasteiger partial charge < -0.3 is 9.84 Å². The molecule has 0 amide bonds. The summed E-state index contributed by atoms with van der Waals surface area (Å²) in [6.45, 7) is 2.22. The molecule has 31 heavy (non-hydrogen) atoms. The van der Waals surface area contributed by atoms with Crippen LogP contribution in [0.1, 0.15) is 76.7 Å². The molecule has 0 aromatic heterocycles. The molecule has 0 saturated heterocycles. The van der Waals surface area contributed by atoms with Gasteiger partial charge in [0.2, 0.25) is 0 Å². The molecule has 1 N–H and O–H groups in total. The van der Waals surface area contributed by atoms with Crippen LogP contribution in [0.25, 0.3) is 0 Å². The van der Waals surface area contributed by atoms with Crippen molar-refractivity contribution in [2.24, 2.45) is 0 Å². The standard InChI is InChI=1S/C24H34O5S.K/c1-2-3-4-5-6-7-8-9-10-12-15-20-18-19-22(24(23(20)25)30(26,27)28)29-21-16-13-11-14-17-21;/h11,13-14,16-19,25H,2-10,12,15H2,1H3,(H,26,27,28);/q;+1/p-1. The molecule has 0 aliphatic heterocycles. The zero-order chi connectivity index (χ0) is 21.8. The van der Waals surface area contributed by atoms with Crippen LogP contribution in [0.3, 0.4) is 0 Å². The second-order valence-corrected chi connectivity index (χ2v) is 9.06. The van der Waals surface area contributed by atoms with Crippen molar-refractivity contribution in [2.45, 2.75) is 82.4 Å². The third-order valence-electron chi connectivity index (χ3n) is 5.19. The molecule has 0 bridgehead atoms. The molecule has 0 fully saturated rings. The van der Waals surface area contributed by atoms with E-state index in [1.807, 2.05) is 0 Å². The summed E-state index contributed by atoms with van der Waals surface area (Å²) in [6.07, 6.45) is 12.3. The molecule has 0 heterocycles. The number of hydrogen-bond acceptors (Lipinski definition) is 4. The number of ether oxygens (including phenoxy) is 1. The van der Waals surface area contributed by atoms with E-state index in [1.165, 1.54) is 51.0 Å². The summed E-state index contributed by atoms with van der Waals surface area (Å²) < 4.78 is 38.8. The van der Waals surface area contributed by atoms with Gasteiger partial charge in [-0.1, -0.05) is 100 Å². The van der Waals surface area contributed by atoms with Crippen molar-refractivity contribution in [3.05, 3.63) is 48.0 Å². The molecule has 0 radical (unpaired) electrons. The monoisotopic (exact) mass is 472 g/mol. The van der Waals surface area contributed by atoms with Crippen LogP contribution < -0.4 is 61.2 Å². The molecular weight excluding hydrogens is 439 g/mol. The minimum atomic E-state index is -4.70. The van der Waals surface area contributed by atoms with Gasteiger partial charge in [0.1, 0.15) is 16.4 Å². The molecule has 7 heteroatoms. The molecule has 0 atom stereocenters. The SMILES string of the molecule is CCCCCCCCCCCCc1ccc(Oc2ccccc2)c(S(=O)(=O)O)c1[O-].[K+]. The van der Waals surface area contributed by atoms with E-state index in [4.69, 9.17) is 4.74 Å². The fraction of sp³-hybridized carbons (Fsp3) is 0.500. The number of rotatable bonds is 14. The Kier molecular flexibility index (Phi) is 14.2. The van der Waals surface area contributed by atoms with Crippen LogP contribution in [-0.4, -0.2) is 13.0 Å². The largest absolute Gasteiger partial charge is 1.00 e. The summed E-state index contributed by atoms with van der Waals surface area (Å²) in [5, 5.41) is 12.7. The fourth-order valence-corrected chi connectivity index (χ4v) is 4.25. The summed E-state index contributed by atoms with van der Waals surface area (Å²) in [7, 11) is -4.70. The van der Waals surface area contributed by atoms with Crippen molar-refractivity contribution >= 4 is 10.1 Å². The molecule has 0 aliphatic rings. The van der Waals surface area contributed by atoms with Gasteiger partial charge in [-0.2, -0.15) is 8.42 Å². The first-order chi connectivity index (χ1) is 14.4. The zero-order valence-corrected chi connectivity index (χ0v) is 22.7. The molecular formula is C24H33KO5S. The van der Waals surface area contributed by atoms with Crippen LogP contribution >= 0.6 is 0 Å².